The fourth-order valence-corrected chi connectivity index (χ4v) is 0.703. The summed E-state index contributed by atoms with van der Waals surface area (Å²) in [6.07, 6.45) is 4.55. The van der Waals surface area contributed by atoms with Crippen LogP contribution in [0.5, 0.6) is 0 Å². The zero-order valence-electron chi connectivity index (χ0n) is 6.19. The van der Waals surface area contributed by atoms with E-state index >= 15 is 0 Å². The van der Waals surface area contributed by atoms with E-state index < -0.39 is 5.97 Å². The van der Waals surface area contributed by atoms with Gasteiger partial charge in [-0.25, -0.2) is 0 Å². The van der Waals surface area contributed by atoms with Crippen LogP contribution in [0.1, 0.15) is 39.0 Å². The van der Waals surface area contributed by atoms with Crippen molar-refractivity contribution < 1.29 is 27.0 Å². The second-order valence-corrected chi connectivity index (χ2v) is 2.20. The zero-order chi connectivity index (χ0) is 7.11. The molecule has 0 aromatic carbocycles. The number of carbonyl (C=O) groups is 1. The van der Waals surface area contributed by atoms with Gasteiger partial charge in [-0.1, -0.05) is 26.2 Å². The van der Waals surface area contributed by atoms with Crippen molar-refractivity contribution in [1.29, 1.82) is 0 Å². The van der Waals surface area contributed by atoms with Crippen LogP contribution in [-0.2, 0) is 21.9 Å². The first-order valence-electron chi connectivity index (χ1n) is 3.49. The van der Waals surface area contributed by atoms with Crippen LogP contribution in [0.25, 0.3) is 0 Å². The number of carboxylic acid groups (broad SMARTS) is 1. The summed E-state index contributed by atoms with van der Waals surface area (Å²) in [5, 5.41) is 8.21. The molecule has 2 nitrogen and oxygen atoms in total. The van der Waals surface area contributed by atoms with Crippen molar-refractivity contribution in [3.63, 3.8) is 0 Å². The van der Waals surface area contributed by atoms with Gasteiger partial charge >= 0.3 is 5.97 Å². The van der Waals surface area contributed by atoms with Crippen LogP contribution in [0.2, 0.25) is 0 Å². The van der Waals surface area contributed by atoms with Crippen molar-refractivity contribution in [1.82, 2.24) is 0 Å². The molecule has 0 aromatic heterocycles. The molecule has 65 valence electrons. The molecule has 0 fully saturated rings. The Bertz CT molecular complexity index is 83.7. The number of unbranched alkanes of at least 4 members (excludes halogenated alkanes) is 3. The van der Waals surface area contributed by atoms with Crippen LogP contribution in [0, 0.1) is 0 Å². The second kappa shape index (κ2) is 8.99. The molecule has 0 amide bonds. The first-order valence-corrected chi connectivity index (χ1v) is 3.49. The standard InChI is InChI=1S/C7H14O2.Cu/c1-2-3-4-5-6-7(8)9;/h2-6H2,1H3,(H,8,9);. The van der Waals surface area contributed by atoms with E-state index in [1.807, 2.05) is 0 Å². The Morgan fingerprint density at radius 3 is 2.30 bits per heavy atom. The maximum Gasteiger partial charge on any atom is 0.303 e. The molecule has 1 N–H and O–H groups in total. The first-order chi connectivity index (χ1) is 4.27. The van der Waals surface area contributed by atoms with E-state index in [1.165, 1.54) is 6.42 Å². The minimum atomic E-state index is -0.675. The number of rotatable bonds is 5. The molecular formula is C7H14CuO2. The third-order valence-corrected chi connectivity index (χ3v) is 1.24. The van der Waals surface area contributed by atoms with Gasteiger partial charge in [0.15, 0.2) is 0 Å². The molecule has 0 spiro atoms. The Morgan fingerprint density at radius 2 is 1.90 bits per heavy atom. The molecule has 0 unspecified atom stereocenters. The van der Waals surface area contributed by atoms with Gasteiger partial charge in [-0.15, -0.1) is 0 Å². The van der Waals surface area contributed by atoms with E-state index in [0.717, 1.165) is 19.3 Å². The molecule has 0 rings (SSSR count). The zero-order valence-corrected chi connectivity index (χ0v) is 7.13. The van der Waals surface area contributed by atoms with Gasteiger partial charge in [0.1, 0.15) is 0 Å². The third kappa shape index (κ3) is 10.9. The van der Waals surface area contributed by atoms with Crippen molar-refractivity contribution in [2.45, 2.75) is 39.0 Å². The largest absolute Gasteiger partial charge is 0.481 e. The summed E-state index contributed by atoms with van der Waals surface area (Å²) in [4.78, 5) is 9.96. The van der Waals surface area contributed by atoms with Crippen molar-refractivity contribution in [3.8, 4) is 0 Å². The van der Waals surface area contributed by atoms with E-state index in [4.69, 9.17) is 5.11 Å². The van der Waals surface area contributed by atoms with Crippen molar-refractivity contribution in [2.75, 3.05) is 0 Å². The first kappa shape index (κ1) is 12.6. The van der Waals surface area contributed by atoms with E-state index in [1.54, 1.807) is 0 Å². The molecular weight excluding hydrogens is 180 g/mol. The van der Waals surface area contributed by atoms with Gasteiger partial charge in [0.25, 0.3) is 0 Å². The summed E-state index contributed by atoms with van der Waals surface area (Å²) in [6, 6.07) is 0. The molecule has 0 aliphatic heterocycles. The summed E-state index contributed by atoms with van der Waals surface area (Å²) in [6.45, 7) is 2.11. The van der Waals surface area contributed by atoms with Crippen molar-refractivity contribution >= 4 is 5.97 Å². The van der Waals surface area contributed by atoms with Gasteiger partial charge < -0.3 is 5.11 Å². The number of carboxylic acids is 1. The monoisotopic (exact) mass is 193 g/mol. The molecule has 0 atom stereocenters. The minimum Gasteiger partial charge on any atom is -0.481 e. The predicted molar refractivity (Wildman–Crippen MR) is 36.4 cm³/mol. The van der Waals surface area contributed by atoms with Crippen LogP contribution >= 0.6 is 0 Å². The maximum absolute atomic E-state index is 9.96. The van der Waals surface area contributed by atoms with Gasteiger partial charge in [-0.3, -0.25) is 4.79 Å². The van der Waals surface area contributed by atoms with E-state index in [-0.39, 0.29) is 17.1 Å². The topological polar surface area (TPSA) is 37.3 Å². The number of hydrogen-bond donors (Lipinski definition) is 1. The van der Waals surface area contributed by atoms with Crippen molar-refractivity contribution in [3.05, 3.63) is 0 Å². The summed E-state index contributed by atoms with van der Waals surface area (Å²) in [5.74, 6) is -0.675. The average molecular weight is 194 g/mol. The van der Waals surface area contributed by atoms with Gasteiger partial charge in [0, 0.05) is 23.5 Å². The smallest absolute Gasteiger partial charge is 0.303 e. The molecule has 0 saturated carbocycles. The van der Waals surface area contributed by atoms with Crippen LogP contribution in [0.4, 0.5) is 0 Å². The number of aliphatic carboxylic acids is 1. The van der Waals surface area contributed by atoms with Crippen LogP contribution < -0.4 is 0 Å². The fraction of sp³-hybridized carbons (Fsp3) is 0.857. The molecule has 0 aliphatic rings. The Hall–Kier alpha value is -0.0105. The molecule has 0 bridgehead atoms. The van der Waals surface area contributed by atoms with Gasteiger partial charge in [0.05, 0.1) is 0 Å². The number of hydrogen-bond acceptors (Lipinski definition) is 1. The average Bonchev–Trinajstić information content (AvgIpc) is 1.80. The maximum atomic E-state index is 9.96. The summed E-state index contributed by atoms with van der Waals surface area (Å²) >= 11 is 0. The molecule has 0 aliphatic carbocycles. The SMILES string of the molecule is CCCCCCC(=O)O.[Cu]. The fourth-order valence-electron chi connectivity index (χ4n) is 0.703. The molecule has 0 saturated heterocycles. The third-order valence-electron chi connectivity index (χ3n) is 1.24. The molecule has 3 heteroatoms. The van der Waals surface area contributed by atoms with Gasteiger partial charge in [-0.2, -0.15) is 0 Å². The van der Waals surface area contributed by atoms with Gasteiger partial charge in [0.2, 0.25) is 0 Å². The van der Waals surface area contributed by atoms with E-state index in [0.29, 0.717) is 6.42 Å². The minimum absolute atomic E-state index is 0. The van der Waals surface area contributed by atoms with Crippen LogP contribution in [0.15, 0.2) is 0 Å². The predicted octanol–water partition coefficient (Wildman–Crippen LogP) is 2.04. The summed E-state index contributed by atoms with van der Waals surface area (Å²) < 4.78 is 0. The second-order valence-electron chi connectivity index (χ2n) is 2.20. The Morgan fingerprint density at radius 1 is 1.30 bits per heavy atom. The summed E-state index contributed by atoms with van der Waals surface area (Å²) in [7, 11) is 0. The quantitative estimate of drug-likeness (QED) is 0.536. The van der Waals surface area contributed by atoms with E-state index in [9.17, 15) is 4.79 Å². The summed E-state index contributed by atoms with van der Waals surface area (Å²) in [5.41, 5.74) is 0. The molecule has 1 radical (unpaired) electrons. The molecule has 10 heavy (non-hydrogen) atoms. The Balaban J connectivity index is 0. The van der Waals surface area contributed by atoms with Crippen molar-refractivity contribution in [2.24, 2.45) is 0 Å². The molecule has 0 aromatic rings. The van der Waals surface area contributed by atoms with E-state index in [2.05, 4.69) is 6.92 Å². The van der Waals surface area contributed by atoms with Crippen LogP contribution in [-0.4, -0.2) is 11.1 Å². The van der Waals surface area contributed by atoms with Gasteiger partial charge in [-0.05, 0) is 6.42 Å². The van der Waals surface area contributed by atoms with Crippen LogP contribution in [0.3, 0.4) is 0 Å². The Kier molecular flexibility index (Phi) is 11.4. The Labute approximate surface area is 72.5 Å². The normalized spacial score (nSPS) is 8.50. The molecule has 0 heterocycles.